The van der Waals surface area contributed by atoms with Crippen molar-refractivity contribution in [2.75, 3.05) is 0 Å². The van der Waals surface area contributed by atoms with E-state index in [2.05, 4.69) is 20.7 Å². The Bertz CT molecular complexity index is 1590. The predicted molar refractivity (Wildman–Crippen MR) is 160 cm³/mol. The lowest BCUT2D eigenvalue weighted by atomic mass is 10.1. The van der Waals surface area contributed by atoms with Crippen molar-refractivity contribution in [1.29, 1.82) is 0 Å². The van der Waals surface area contributed by atoms with Crippen molar-refractivity contribution < 1.29 is 14.3 Å². The van der Waals surface area contributed by atoms with Crippen LogP contribution in [-0.4, -0.2) is 26.9 Å². The molecule has 0 unspecified atom stereocenters. The second kappa shape index (κ2) is 14.0. The first-order valence-corrected chi connectivity index (χ1v) is 14.0. The molecule has 0 atom stereocenters. The van der Waals surface area contributed by atoms with Crippen LogP contribution in [0, 0.1) is 0 Å². The number of hydrogen-bond donors (Lipinski definition) is 1. The Balaban J connectivity index is 1.20. The van der Waals surface area contributed by atoms with Crippen LogP contribution < -0.4 is 14.9 Å². The van der Waals surface area contributed by atoms with Crippen LogP contribution >= 0.6 is 11.8 Å². The quantitative estimate of drug-likeness (QED) is 0.113. The molecule has 8 nitrogen and oxygen atoms in total. The summed E-state index contributed by atoms with van der Waals surface area (Å²) in [7, 11) is 1.91. The smallest absolute Gasteiger partial charge is 0.271 e. The fraction of sp³-hybridized carbons (Fsp3) is 0.125. The molecule has 5 aromatic rings. The molecule has 1 N–H and O–H groups in total. The zero-order valence-electron chi connectivity index (χ0n) is 22.5. The number of hydrazone groups is 1. The molecule has 0 aliphatic heterocycles. The highest BCUT2D eigenvalue weighted by Crippen LogP contribution is 2.30. The first-order chi connectivity index (χ1) is 20.1. The molecular formula is C32H29N5O3S. The van der Waals surface area contributed by atoms with Gasteiger partial charge in [0, 0.05) is 18.4 Å². The number of benzene rings is 4. The summed E-state index contributed by atoms with van der Waals surface area (Å²) in [5.41, 5.74) is 7.07. The van der Waals surface area contributed by atoms with Crippen molar-refractivity contribution in [3.63, 3.8) is 0 Å². The van der Waals surface area contributed by atoms with Crippen LogP contribution in [-0.2, 0) is 26.0 Å². The topological polar surface area (TPSA) is 90.6 Å². The maximum Gasteiger partial charge on any atom is 0.271 e. The Hall–Kier alpha value is -4.89. The van der Waals surface area contributed by atoms with Gasteiger partial charge in [-0.15, -0.1) is 10.2 Å². The van der Waals surface area contributed by atoms with Gasteiger partial charge >= 0.3 is 0 Å². The second-order valence-corrected chi connectivity index (χ2v) is 10.1. The van der Waals surface area contributed by atoms with E-state index in [0.717, 1.165) is 33.2 Å². The van der Waals surface area contributed by atoms with Gasteiger partial charge in [-0.1, -0.05) is 84.6 Å². The van der Waals surface area contributed by atoms with Crippen LogP contribution in [0.25, 0.3) is 0 Å². The molecule has 1 aromatic heterocycles. The third kappa shape index (κ3) is 8.06. The van der Waals surface area contributed by atoms with Crippen molar-refractivity contribution in [3.05, 3.63) is 137 Å². The molecule has 206 valence electrons. The van der Waals surface area contributed by atoms with E-state index in [-0.39, 0.29) is 5.91 Å². The van der Waals surface area contributed by atoms with E-state index < -0.39 is 0 Å². The van der Waals surface area contributed by atoms with E-state index in [1.807, 2.05) is 103 Å². The number of amides is 1. The van der Waals surface area contributed by atoms with E-state index in [9.17, 15) is 4.79 Å². The van der Waals surface area contributed by atoms with E-state index in [1.165, 1.54) is 0 Å². The van der Waals surface area contributed by atoms with Crippen molar-refractivity contribution >= 4 is 23.9 Å². The van der Waals surface area contributed by atoms with Gasteiger partial charge in [-0.3, -0.25) is 4.79 Å². The first-order valence-electron chi connectivity index (χ1n) is 13.0. The van der Waals surface area contributed by atoms with Gasteiger partial charge in [0.15, 0.2) is 16.7 Å². The van der Waals surface area contributed by atoms with E-state index in [1.54, 1.807) is 36.4 Å². The SMILES string of the molecule is Cn1cnnc1SCc1ccc(C(=O)N/N=C/c2ccc(OCc3ccccc3)c(OCc3ccccc3)c2)cc1. The third-order valence-corrected chi connectivity index (χ3v) is 7.18. The lowest BCUT2D eigenvalue weighted by Crippen LogP contribution is -2.17. The summed E-state index contributed by atoms with van der Waals surface area (Å²) in [6, 6.07) is 32.9. The number of hydrogen-bond acceptors (Lipinski definition) is 7. The van der Waals surface area contributed by atoms with E-state index in [4.69, 9.17) is 9.47 Å². The highest BCUT2D eigenvalue weighted by Gasteiger charge is 2.09. The number of carbonyl (C=O) groups excluding carboxylic acids is 1. The summed E-state index contributed by atoms with van der Waals surface area (Å²) < 4.78 is 14.1. The van der Waals surface area contributed by atoms with E-state index in [0.29, 0.717) is 30.3 Å². The molecule has 1 amide bonds. The molecule has 0 aliphatic rings. The number of aryl methyl sites for hydroxylation is 1. The summed E-state index contributed by atoms with van der Waals surface area (Å²) in [6.45, 7) is 0.816. The number of ether oxygens (including phenoxy) is 2. The normalized spacial score (nSPS) is 11.0. The van der Waals surface area contributed by atoms with Crippen LogP contribution in [0.15, 0.2) is 120 Å². The van der Waals surface area contributed by atoms with Crippen LogP contribution in [0.1, 0.15) is 32.6 Å². The number of nitrogens with one attached hydrogen (secondary N) is 1. The van der Waals surface area contributed by atoms with Gasteiger partial charge in [0.05, 0.1) is 6.21 Å². The molecule has 1 heterocycles. The summed E-state index contributed by atoms with van der Waals surface area (Å²) in [5.74, 6) is 1.65. The average molecular weight is 564 g/mol. The monoisotopic (exact) mass is 563 g/mol. The third-order valence-electron chi connectivity index (χ3n) is 6.08. The lowest BCUT2D eigenvalue weighted by Gasteiger charge is -2.14. The molecule has 0 aliphatic carbocycles. The highest BCUT2D eigenvalue weighted by atomic mass is 32.2. The van der Waals surface area contributed by atoms with Crippen molar-refractivity contribution in [2.45, 2.75) is 24.1 Å². The van der Waals surface area contributed by atoms with Gasteiger partial charge in [-0.25, -0.2) is 5.43 Å². The Morgan fingerprint density at radius 1 is 0.854 bits per heavy atom. The largest absolute Gasteiger partial charge is 0.485 e. The molecule has 0 saturated carbocycles. The summed E-state index contributed by atoms with van der Waals surface area (Å²) in [4.78, 5) is 12.6. The molecule has 0 radical (unpaired) electrons. The highest BCUT2D eigenvalue weighted by molar-refractivity contribution is 7.98. The van der Waals surface area contributed by atoms with Crippen molar-refractivity contribution in [3.8, 4) is 11.5 Å². The summed E-state index contributed by atoms with van der Waals surface area (Å²) in [5, 5.41) is 13.0. The molecule has 41 heavy (non-hydrogen) atoms. The van der Waals surface area contributed by atoms with Crippen LogP contribution in [0.3, 0.4) is 0 Å². The van der Waals surface area contributed by atoms with Gasteiger partial charge in [0.1, 0.15) is 19.5 Å². The lowest BCUT2D eigenvalue weighted by molar-refractivity contribution is 0.0955. The predicted octanol–water partition coefficient (Wildman–Crippen LogP) is 6.03. The molecule has 0 spiro atoms. The van der Waals surface area contributed by atoms with E-state index >= 15 is 0 Å². The maximum absolute atomic E-state index is 12.6. The maximum atomic E-state index is 12.6. The van der Waals surface area contributed by atoms with Gasteiger partial charge in [-0.05, 0) is 52.6 Å². The van der Waals surface area contributed by atoms with Gasteiger partial charge in [-0.2, -0.15) is 5.10 Å². The van der Waals surface area contributed by atoms with Gasteiger partial charge in [0.2, 0.25) is 0 Å². The fourth-order valence-electron chi connectivity index (χ4n) is 3.84. The number of nitrogens with zero attached hydrogens (tertiary/aromatic N) is 4. The fourth-order valence-corrected chi connectivity index (χ4v) is 4.69. The van der Waals surface area contributed by atoms with Crippen LogP contribution in [0.5, 0.6) is 11.5 Å². The Kier molecular flexibility index (Phi) is 9.42. The van der Waals surface area contributed by atoms with Crippen LogP contribution in [0.4, 0.5) is 0 Å². The Labute approximate surface area is 243 Å². The minimum atomic E-state index is -0.294. The van der Waals surface area contributed by atoms with Gasteiger partial charge in [0.25, 0.3) is 5.91 Å². The van der Waals surface area contributed by atoms with Gasteiger partial charge < -0.3 is 14.0 Å². The molecule has 5 rings (SSSR count). The summed E-state index contributed by atoms with van der Waals surface area (Å²) >= 11 is 1.58. The molecule has 9 heteroatoms. The zero-order chi connectivity index (χ0) is 28.3. The van der Waals surface area contributed by atoms with Crippen LogP contribution in [0.2, 0.25) is 0 Å². The second-order valence-electron chi connectivity index (χ2n) is 9.16. The summed E-state index contributed by atoms with van der Waals surface area (Å²) in [6.07, 6.45) is 3.25. The molecule has 0 saturated heterocycles. The number of aromatic nitrogens is 3. The first kappa shape index (κ1) is 27.7. The zero-order valence-corrected chi connectivity index (χ0v) is 23.3. The van der Waals surface area contributed by atoms with Crippen molar-refractivity contribution in [2.24, 2.45) is 12.1 Å². The standard InChI is InChI=1S/C32H29N5O3S/c1-37-23-34-36-32(37)41-22-26-12-15-28(16-13-26)31(38)35-33-19-27-14-17-29(39-20-24-8-4-2-5-9-24)30(18-27)40-21-25-10-6-3-7-11-25/h2-19,23H,20-22H2,1H3,(H,35,38)/b33-19+. The van der Waals surface area contributed by atoms with Crippen molar-refractivity contribution in [1.82, 2.24) is 20.2 Å². The molecule has 4 aromatic carbocycles. The minimum Gasteiger partial charge on any atom is -0.485 e. The average Bonchev–Trinajstić information content (AvgIpc) is 3.44. The number of thioether (sulfide) groups is 1. The number of rotatable bonds is 12. The Morgan fingerprint density at radius 3 is 2.15 bits per heavy atom. The number of carbonyl (C=O) groups is 1. The Morgan fingerprint density at radius 2 is 1.51 bits per heavy atom. The molecular weight excluding hydrogens is 534 g/mol. The minimum absolute atomic E-state index is 0.294. The molecule has 0 fully saturated rings. The molecule has 0 bridgehead atoms.